The molecule has 0 amide bonds. The van der Waals surface area contributed by atoms with Gasteiger partial charge in [-0.15, -0.1) is 0 Å². The molecule has 166 valence electrons. The molecule has 0 spiro atoms. The fraction of sp³-hybridized carbons (Fsp3) is 0.958. The topological polar surface area (TPSA) is 65.3 Å². The number of fused-ring (bicyclic) bond motifs is 5. The van der Waals surface area contributed by atoms with Crippen LogP contribution < -0.4 is 0 Å². The molecule has 4 fully saturated rings. The summed E-state index contributed by atoms with van der Waals surface area (Å²) in [6.45, 7) is 6.36. The molecule has 5 heteroatoms. The molecule has 4 rings (SSSR count). The standard InChI is InChI=1S/C24H42N2O3/c1-22-11-8-18(27)16-17(22)6-7-20-19(22)9-12-23(2)21(10-13-24(20,23)28)25-29-15-5-14-26(3)4/h17-20,27-28H,5-16H2,1-4H3/b25-21+/t17-,18+,19+,20-,22+,23-,24+/m1/s1. The van der Waals surface area contributed by atoms with Gasteiger partial charge in [0.15, 0.2) is 0 Å². The Labute approximate surface area is 176 Å². The Bertz CT molecular complexity index is 638. The van der Waals surface area contributed by atoms with Gasteiger partial charge in [0, 0.05) is 12.0 Å². The van der Waals surface area contributed by atoms with Crippen molar-refractivity contribution >= 4 is 5.71 Å². The van der Waals surface area contributed by atoms with Gasteiger partial charge in [0.05, 0.1) is 17.4 Å². The number of hydrogen-bond donors (Lipinski definition) is 2. The lowest BCUT2D eigenvalue weighted by molar-refractivity contribution is -0.191. The zero-order valence-corrected chi connectivity index (χ0v) is 19.0. The summed E-state index contributed by atoms with van der Waals surface area (Å²) in [5.41, 5.74) is 0.482. The van der Waals surface area contributed by atoms with E-state index >= 15 is 0 Å². The van der Waals surface area contributed by atoms with E-state index < -0.39 is 5.60 Å². The van der Waals surface area contributed by atoms with Crippen molar-refractivity contribution in [2.45, 2.75) is 89.8 Å². The highest BCUT2D eigenvalue weighted by Crippen LogP contribution is 2.67. The maximum atomic E-state index is 12.1. The van der Waals surface area contributed by atoms with Gasteiger partial charge in [-0.25, -0.2) is 0 Å². The molecule has 4 aliphatic rings. The highest BCUT2D eigenvalue weighted by atomic mass is 16.6. The molecule has 2 N–H and O–H groups in total. The maximum absolute atomic E-state index is 12.1. The van der Waals surface area contributed by atoms with Crippen molar-refractivity contribution in [2.75, 3.05) is 27.2 Å². The van der Waals surface area contributed by atoms with Crippen molar-refractivity contribution in [1.82, 2.24) is 4.90 Å². The fourth-order valence-electron chi connectivity index (χ4n) is 7.70. The molecule has 29 heavy (non-hydrogen) atoms. The van der Waals surface area contributed by atoms with E-state index in [0.29, 0.717) is 24.4 Å². The molecule has 0 aromatic rings. The first kappa shape index (κ1) is 21.6. The number of aliphatic hydroxyl groups is 2. The third kappa shape index (κ3) is 3.45. The molecule has 0 bridgehead atoms. The van der Waals surface area contributed by atoms with Gasteiger partial charge >= 0.3 is 0 Å². The van der Waals surface area contributed by atoms with Crippen LogP contribution in [0.15, 0.2) is 5.16 Å². The maximum Gasteiger partial charge on any atom is 0.118 e. The molecule has 5 nitrogen and oxygen atoms in total. The quantitative estimate of drug-likeness (QED) is 0.538. The van der Waals surface area contributed by atoms with Crippen molar-refractivity contribution in [3.05, 3.63) is 0 Å². The Hall–Kier alpha value is -0.650. The number of rotatable bonds is 5. The predicted octanol–water partition coefficient (Wildman–Crippen LogP) is 3.83. The predicted molar refractivity (Wildman–Crippen MR) is 116 cm³/mol. The van der Waals surface area contributed by atoms with Crippen LogP contribution in [0.5, 0.6) is 0 Å². The van der Waals surface area contributed by atoms with E-state index in [-0.39, 0.29) is 16.9 Å². The first-order valence-electron chi connectivity index (χ1n) is 12.0. The van der Waals surface area contributed by atoms with Crippen LogP contribution in [0.2, 0.25) is 0 Å². The first-order valence-corrected chi connectivity index (χ1v) is 12.0. The monoisotopic (exact) mass is 406 g/mol. The van der Waals surface area contributed by atoms with E-state index in [2.05, 4.69) is 38.0 Å². The Morgan fingerprint density at radius 2 is 1.86 bits per heavy atom. The van der Waals surface area contributed by atoms with Gasteiger partial charge in [0.1, 0.15) is 6.61 Å². The molecule has 0 unspecified atom stereocenters. The third-order valence-corrected chi connectivity index (χ3v) is 9.58. The summed E-state index contributed by atoms with van der Waals surface area (Å²) in [4.78, 5) is 7.86. The third-order valence-electron chi connectivity index (χ3n) is 9.58. The van der Waals surface area contributed by atoms with Gasteiger partial charge in [-0.3, -0.25) is 0 Å². The van der Waals surface area contributed by atoms with E-state index in [1.54, 1.807) is 0 Å². The van der Waals surface area contributed by atoms with E-state index in [1.807, 2.05) is 0 Å². The minimum absolute atomic E-state index is 0.114. The summed E-state index contributed by atoms with van der Waals surface area (Å²) in [5, 5.41) is 26.9. The van der Waals surface area contributed by atoms with Gasteiger partial charge in [-0.2, -0.15) is 0 Å². The summed E-state index contributed by atoms with van der Waals surface area (Å²) >= 11 is 0. The number of hydrogen-bond acceptors (Lipinski definition) is 5. The van der Waals surface area contributed by atoms with Crippen molar-refractivity contribution in [3.63, 3.8) is 0 Å². The summed E-state index contributed by atoms with van der Waals surface area (Å²) in [5.74, 6) is 1.56. The lowest BCUT2D eigenvalue weighted by Crippen LogP contribution is -2.62. The van der Waals surface area contributed by atoms with Gasteiger partial charge in [0.2, 0.25) is 0 Å². The van der Waals surface area contributed by atoms with Gasteiger partial charge in [0.25, 0.3) is 0 Å². The van der Waals surface area contributed by atoms with Crippen LogP contribution in [-0.4, -0.2) is 59.8 Å². The van der Waals surface area contributed by atoms with E-state index in [1.165, 1.54) is 6.42 Å². The minimum atomic E-state index is -0.647. The fourth-order valence-corrected chi connectivity index (χ4v) is 7.70. The molecule has 4 saturated carbocycles. The molecular formula is C24H42N2O3. The number of oxime groups is 1. The molecular weight excluding hydrogens is 364 g/mol. The van der Waals surface area contributed by atoms with Crippen LogP contribution in [0, 0.1) is 28.6 Å². The van der Waals surface area contributed by atoms with Crippen LogP contribution in [0.4, 0.5) is 0 Å². The van der Waals surface area contributed by atoms with Crippen molar-refractivity contribution < 1.29 is 15.1 Å². The summed E-state index contributed by atoms with van der Waals surface area (Å²) < 4.78 is 0. The second-order valence-electron chi connectivity index (χ2n) is 11.2. The number of aliphatic hydroxyl groups excluding tert-OH is 1. The molecule has 0 aliphatic heterocycles. The number of nitrogens with zero attached hydrogens (tertiary/aromatic N) is 2. The lowest BCUT2D eigenvalue weighted by Gasteiger charge is -2.62. The SMILES string of the molecule is CN(C)CCCO/N=C1\CC[C@]2(O)[C@@H]3CC[C@@H]4C[C@@H](O)CC[C@]4(C)[C@H]3CC[C@]12C. The van der Waals surface area contributed by atoms with Crippen LogP contribution in [0.3, 0.4) is 0 Å². The lowest BCUT2D eigenvalue weighted by atomic mass is 9.44. The van der Waals surface area contributed by atoms with Crippen LogP contribution in [0.25, 0.3) is 0 Å². The molecule has 4 aliphatic carbocycles. The molecule has 0 radical (unpaired) electrons. The Morgan fingerprint density at radius 1 is 1.07 bits per heavy atom. The largest absolute Gasteiger partial charge is 0.396 e. The average molecular weight is 407 g/mol. The molecule has 0 saturated heterocycles. The zero-order valence-electron chi connectivity index (χ0n) is 19.0. The minimum Gasteiger partial charge on any atom is -0.396 e. The summed E-state index contributed by atoms with van der Waals surface area (Å²) in [6.07, 6.45) is 9.99. The Balaban J connectivity index is 1.49. The molecule has 7 atom stereocenters. The van der Waals surface area contributed by atoms with Crippen LogP contribution in [-0.2, 0) is 4.84 Å². The summed E-state index contributed by atoms with van der Waals surface area (Å²) in [7, 11) is 4.15. The smallest absolute Gasteiger partial charge is 0.118 e. The highest BCUT2D eigenvalue weighted by Gasteiger charge is 2.66. The van der Waals surface area contributed by atoms with E-state index in [4.69, 9.17) is 4.84 Å². The first-order chi connectivity index (χ1) is 13.7. The van der Waals surface area contributed by atoms with Gasteiger partial charge < -0.3 is 20.0 Å². The van der Waals surface area contributed by atoms with Crippen molar-refractivity contribution in [3.8, 4) is 0 Å². The second-order valence-corrected chi connectivity index (χ2v) is 11.2. The second kappa shape index (κ2) is 7.80. The van der Waals surface area contributed by atoms with Gasteiger partial charge in [-0.05, 0) is 101 Å². The normalized spacial score (nSPS) is 48.3. The van der Waals surface area contributed by atoms with Crippen LogP contribution >= 0.6 is 0 Å². The Morgan fingerprint density at radius 3 is 2.62 bits per heavy atom. The Kier molecular flexibility index (Phi) is 5.80. The average Bonchev–Trinajstić information content (AvgIpc) is 2.93. The zero-order chi connectivity index (χ0) is 20.9. The molecule has 0 aromatic carbocycles. The van der Waals surface area contributed by atoms with Gasteiger partial charge in [-0.1, -0.05) is 19.0 Å². The van der Waals surface area contributed by atoms with Crippen molar-refractivity contribution in [2.24, 2.45) is 33.7 Å². The van der Waals surface area contributed by atoms with Crippen molar-refractivity contribution in [1.29, 1.82) is 0 Å². The highest BCUT2D eigenvalue weighted by molar-refractivity contribution is 5.93. The van der Waals surface area contributed by atoms with E-state index in [9.17, 15) is 10.2 Å². The molecule has 0 aromatic heterocycles. The van der Waals surface area contributed by atoms with Crippen LogP contribution in [0.1, 0.15) is 78.1 Å². The summed E-state index contributed by atoms with van der Waals surface area (Å²) in [6, 6.07) is 0. The molecule has 0 heterocycles. The van der Waals surface area contributed by atoms with E-state index in [0.717, 1.165) is 70.0 Å².